The maximum Gasteiger partial charge on any atom is 0.335 e. The normalized spacial score (nSPS) is 12.2. The molecule has 15 heavy (non-hydrogen) atoms. The molecule has 0 aliphatic heterocycles. The Hall–Kier alpha value is -1.75. The van der Waals surface area contributed by atoms with Crippen LogP contribution in [0.15, 0.2) is 12.1 Å². The highest BCUT2D eigenvalue weighted by molar-refractivity contribution is 5.89. The van der Waals surface area contributed by atoms with E-state index >= 15 is 0 Å². The number of ether oxygens (including phenoxy) is 1. The molecular formula is C10H12O5. The number of carboxylic acids is 1. The third-order valence-electron chi connectivity index (χ3n) is 2.02. The van der Waals surface area contributed by atoms with E-state index in [1.165, 1.54) is 26.2 Å². The summed E-state index contributed by atoms with van der Waals surface area (Å²) in [5.74, 6) is -1.35. The fourth-order valence-electron chi connectivity index (χ4n) is 1.23. The smallest absolute Gasteiger partial charge is 0.335 e. The van der Waals surface area contributed by atoms with E-state index in [-0.39, 0.29) is 22.6 Å². The Kier molecular flexibility index (Phi) is 3.16. The number of aliphatic hydroxyl groups is 1. The van der Waals surface area contributed by atoms with Crippen LogP contribution >= 0.6 is 0 Å². The average molecular weight is 212 g/mol. The number of methoxy groups -OCH3 is 1. The van der Waals surface area contributed by atoms with Crippen molar-refractivity contribution in [3.63, 3.8) is 0 Å². The Bertz CT molecular complexity index is 384. The lowest BCUT2D eigenvalue weighted by Gasteiger charge is -2.12. The predicted molar refractivity (Wildman–Crippen MR) is 52.3 cm³/mol. The molecular weight excluding hydrogens is 200 g/mol. The predicted octanol–water partition coefficient (Wildman–Crippen LogP) is 1.15. The lowest BCUT2D eigenvalue weighted by atomic mass is 10.0. The summed E-state index contributed by atoms with van der Waals surface area (Å²) < 4.78 is 4.80. The number of carboxylic acid groups (broad SMARTS) is 1. The first-order valence-corrected chi connectivity index (χ1v) is 4.29. The van der Waals surface area contributed by atoms with Gasteiger partial charge in [-0.1, -0.05) is 0 Å². The third kappa shape index (κ3) is 2.19. The Morgan fingerprint density at radius 2 is 2.07 bits per heavy atom. The standard InChI is InChI=1S/C10H12O5/c1-5(11)7-3-6(10(13)14)4-8(15-2)9(7)12/h3-5,11-12H,1-2H3,(H,13,14). The molecule has 5 heteroatoms. The van der Waals surface area contributed by atoms with Gasteiger partial charge in [0.2, 0.25) is 0 Å². The molecule has 0 amide bonds. The van der Waals surface area contributed by atoms with Crippen molar-refractivity contribution in [3.8, 4) is 11.5 Å². The van der Waals surface area contributed by atoms with Crippen LogP contribution in [0.2, 0.25) is 0 Å². The van der Waals surface area contributed by atoms with E-state index in [1.54, 1.807) is 0 Å². The molecule has 0 spiro atoms. The summed E-state index contributed by atoms with van der Waals surface area (Å²) in [4.78, 5) is 10.7. The molecule has 0 aliphatic rings. The average Bonchev–Trinajstić information content (AvgIpc) is 2.17. The van der Waals surface area contributed by atoms with Gasteiger partial charge in [-0.15, -0.1) is 0 Å². The van der Waals surface area contributed by atoms with Crippen LogP contribution in [0.3, 0.4) is 0 Å². The van der Waals surface area contributed by atoms with Gasteiger partial charge >= 0.3 is 5.97 Å². The van der Waals surface area contributed by atoms with Crippen LogP contribution in [0, 0.1) is 0 Å². The number of hydrogen-bond acceptors (Lipinski definition) is 4. The molecule has 0 heterocycles. The number of carbonyl (C=O) groups is 1. The van der Waals surface area contributed by atoms with Gasteiger partial charge in [0.1, 0.15) is 0 Å². The molecule has 5 nitrogen and oxygen atoms in total. The molecule has 0 radical (unpaired) electrons. The first-order chi connectivity index (χ1) is 6.97. The molecule has 0 saturated heterocycles. The van der Waals surface area contributed by atoms with Crippen LogP contribution in [0.1, 0.15) is 28.9 Å². The number of benzene rings is 1. The lowest BCUT2D eigenvalue weighted by molar-refractivity contribution is 0.0696. The largest absolute Gasteiger partial charge is 0.504 e. The molecule has 82 valence electrons. The minimum absolute atomic E-state index is 0.0331. The highest BCUT2D eigenvalue weighted by Crippen LogP contribution is 2.34. The van der Waals surface area contributed by atoms with Crippen LogP contribution in [-0.4, -0.2) is 28.4 Å². The van der Waals surface area contributed by atoms with Crippen LogP contribution < -0.4 is 4.74 Å². The van der Waals surface area contributed by atoms with Crippen LogP contribution in [0.25, 0.3) is 0 Å². The van der Waals surface area contributed by atoms with Crippen molar-refractivity contribution in [3.05, 3.63) is 23.3 Å². The molecule has 1 atom stereocenters. The molecule has 1 aromatic rings. The second-order valence-corrected chi connectivity index (χ2v) is 3.10. The van der Waals surface area contributed by atoms with E-state index in [0.717, 1.165) is 0 Å². The summed E-state index contributed by atoms with van der Waals surface area (Å²) >= 11 is 0. The zero-order valence-corrected chi connectivity index (χ0v) is 8.39. The highest BCUT2D eigenvalue weighted by atomic mass is 16.5. The number of phenols is 1. The number of rotatable bonds is 3. The van der Waals surface area contributed by atoms with Crippen molar-refractivity contribution in [2.24, 2.45) is 0 Å². The van der Waals surface area contributed by atoms with Gasteiger partial charge in [0.25, 0.3) is 0 Å². The van der Waals surface area contributed by atoms with Crippen molar-refractivity contribution in [2.75, 3.05) is 7.11 Å². The first kappa shape index (κ1) is 11.3. The molecule has 0 fully saturated rings. The SMILES string of the molecule is COc1cc(C(=O)O)cc(C(C)O)c1O. The van der Waals surface area contributed by atoms with Crippen molar-refractivity contribution < 1.29 is 24.9 Å². The second kappa shape index (κ2) is 4.18. The highest BCUT2D eigenvalue weighted by Gasteiger charge is 2.16. The fraction of sp³-hybridized carbons (Fsp3) is 0.300. The van der Waals surface area contributed by atoms with Gasteiger partial charge in [-0.05, 0) is 19.1 Å². The first-order valence-electron chi connectivity index (χ1n) is 4.29. The van der Waals surface area contributed by atoms with E-state index < -0.39 is 12.1 Å². The maximum atomic E-state index is 10.7. The van der Waals surface area contributed by atoms with E-state index in [0.29, 0.717) is 0 Å². The van der Waals surface area contributed by atoms with E-state index in [1.807, 2.05) is 0 Å². The monoisotopic (exact) mass is 212 g/mol. The van der Waals surface area contributed by atoms with E-state index in [9.17, 15) is 15.0 Å². The number of aliphatic hydroxyl groups excluding tert-OH is 1. The Labute approximate surface area is 86.5 Å². The maximum absolute atomic E-state index is 10.7. The van der Waals surface area contributed by atoms with Crippen molar-refractivity contribution in [1.82, 2.24) is 0 Å². The number of aromatic carboxylic acids is 1. The summed E-state index contributed by atoms with van der Waals surface area (Å²) in [6.07, 6.45) is -0.960. The number of aromatic hydroxyl groups is 1. The van der Waals surface area contributed by atoms with Crippen LogP contribution in [0.4, 0.5) is 0 Å². The zero-order valence-electron chi connectivity index (χ0n) is 8.39. The Morgan fingerprint density at radius 1 is 1.47 bits per heavy atom. The molecule has 1 aromatic carbocycles. The van der Waals surface area contributed by atoms with E-state index in [2.05, 4.69) is 0 Å². The number of phenolic OH excluding ortho intramolecular Hbond substituents is 1. The van der Waals surface area contributed by atoms with Gasteiger partial charge in [-0.2, -0.15) is 0 Å². The van der Waals surface area contributed by atoms with E-state index in [4.69, 9.17) is 9.84 Å². The number of hydrogen-bond donors (Lipinski definition) is 3. The molecule has 1 unspecified atom stereocenters. The third-order valence-corrected chi connectivity index (χ3v) is 2.02. The minimum atomic E-state index is -1.14. The quantitative estimate of drug-likeness (QED) is 0.699. The Morgan fingerprint density at radius 3 is 2.47 bits per heavy atom. The van der Waals surface area contributed by atoms with Crippen molar-refractivity contribution in [2.45, 2.75) is 13.0 Å². The van der Waals surface area contributed by atoms with Gasteiger partial charge in [-0.25, -0.2) is 4.79 Å². The molecule has 0 aromatic heterocycles. The Balaban J connectivity index is 3.38. The zero-order chi connectivity index (χ0) is 11.6. The molecule has 0 bridgehead atoms. The van der Waals surface area contributed by atoms with Crippen molar-refractivity contribution >= 4 is 5.97 Å². The summed E-state index contributed by atoms with van der Waals surface area (Å²) in [6.45, 7) is 1.43. The summed E-state index contributed by atoms with van der Waals surface area (Å²) in [5.41, 5.74) is 0.0901. The van der Waals surface area contributed by atoms with Gasteiger partial charge in [0, 0.05) is 5.56 Å². The second-order valence-electron chi connectivity index (χ2n) is 3.10. The summed E-state index contributed by atoms with van der Waals surface area (Å²) in [7, 11) is 1.31. The van der Waals surface area contributed by atoms with Gasteiger partial charge in [-0.3, -0.25) is 0 Å². The lowest BCUT2D eigenvalue weighted by Crippen LogP contribution is -2.02. The molecule has 0 saturated carbocycles. The summed E-state index contributed by atoms with van der Waals surface area (Å²) in [6, 6.07) is 2.41. The van der Waals surface area contributed by atoms with Gasteiger partial charge < -0.3 is 20.1 Å². The summed E-state index contributed by atoms with van der Waals surface area (Å²) in [5, 5.41) is 27.7. The minimum Gasteiger partial charge on any atom is -0.504 e. The van der Waals surface area contributed by atoms with Crippen molar-refractivity contribution in [1.29, 1.82) is 0 Å². The van der Waals surface area contributed by atoms with Gasteiger partial charge in [0.15, 0.2) is 11.5 Å². The topological polar surface area (TPSA) is 87.0 Å². The molecule has 3 N–H and O–H groups in total. The van der Waals surface area contributed by atoms with Crippen LogP contribution in [0.5, 0.6) is 11.5 Å². The fourth-order valence-corrected chi connectivity index (χ4v) is 1.23. The molecule has 0 aliphatic carbocycles. The molecule has 1 rings (SSSR count). The van der Waals surface area contributed by atoms with Gasteiger partial charge in [0.05, 0.1) is 18.8 Å². The van der Waals surface area contributed by atoms with Crippen LogP contribution in [-0.2, 0) is 0 Å².